The molecule has 1 aromatic rings. The summed E-state index contributed by atoms with van der Waals surface area (Å²) < 4.78 is 0. The Bertz CT molecular complexity index is 381. The molecule has 1 unspecified atom stereocenters. The molecule has 0 saturated heterocycles. The maximum Gasteiger partial charge on any atom is 0.196 e. The molecule has 1 aromatic carbocycles. The Kier molecular flexibility index (Phi) is 5.90. The van der Waals surface area contributed by atoms with Gasteiger partial charge in [-0.25, -0.2) is 0 Å². The van der Waals surface area contributed by atoms with E-state index in [-0.39, 0.29) is 11.5 Å². The fourth-order valence-corrected chi connectivity index (χ4v) is 1.87. The fraction of sp³-hybridized carbons (Fsp3) is 0.333. The number of carbonyl (C=O) groups excluding carboxylic acids is 2. The number of nitrogens with two attached hydrogens (primary N) is 1. The van der Waals surface area contributed by atoms with Crippen molar-refractivity contribution in [2.24, 2.45) is 5.73 Å². The number of benzene rings is 1. The second kappa shape index (κ2) is 7.21. The Labute approximate surface area is 104 Å². The van der Waals surface area contributed by atoms with E-state index in [1.807, 2.05) is 0 Å². The molecule has 0 bridgehead atoms. The molecule has 0 aromatic heterocycles. The predicted molar refractivity (Wildman–Crippen MR) is 67.5 cm³/mol. The molecule has 0 saturated carbocycles. The number of rotatable bonds is 6. The molecule has 1 rings (SSSR count). The van der Waals surface area contributed by atoms with E-state index in [9.17, 15) is 14.7 Å². The van der Waals surface area contributed by atoms with Gasteiger partial charge in [0.25, 0.3) is 0 Å². The predicted octanol–water partition coefficient (Wildman–Crippen LogP) is 0.898. The number of aliphatic hydroxyl groups is 1. The second-order valence-corrected chi connectivity index (χ2v) is 4.62. The smallest absolute Gasteiger partial charge is 0.196 e. The molecular formula is C12H15NO3S. The third kappa shape index (κ3) is 4.68. The average molecular weight is 253 g/mol. The van der Waals surface area contributed by atoms with Crippen LogP contribution in [0.15, 0.2) is 30.3 Å². The number of aliphatic hydroxyl groups excluding tert-OH is 1. The van der Waals surface area contributed by atoms with E-state index < -0.39 is 11.9 Å². The second-order valence-electron chi connectivity index (χ2n) is 3.47. The number of thioether (sulfide) groups is 1. The lowest BCUT2D eigenvalue weighted by Crippen LogP contribution is -2.15. The highest BCUT2D eigenvalue weighted by molar-refractivity contribution is 8.13. The van der Waals surface area contributed by atoms with E-state index in [1.165, 1.54) is 0 Å². The number of hydrogen-bond donors (Lipinski definition) is 2. The summed E-state index contributed by atoms with van der Waals surface area (Å²) in [6, 6.07) is 8.57. The molecular weight excluding hydrogens is 238 g/mol. The van der Waals surface area contributed by atoms with Gasteiger partial charge in [-0.15, -0.1) is 0 Å². The van der Waals surface area contributed by atoms with Crippen molar-refractivity contribution >= 4 is 22.7 Å². The van der Waals surface area contributed by atoms with Crippen LogP contribution in [0.5, 0.6) is 0 Å². The van der Waals surface area contributed by atoms with Crippen LogP contribution in [0.1, 0.15) is 18.1 Å². The minimum atomic E-state index is -1.22. The van der Waals surface area contributed by atoms with Gasteiger partial charge in [0, 0.05) is 12.3 Å². The first-order valence-electron chi connectivity index (χ1n) is 5.26. The van der Waals surface area contributed by atoms with Gasteiger partial charge in [0.1, 0.15) is 6.10 Å². The Morgan fingerprint density at radius 3 is 2.53 bits per heavy atom. The van der Waals surface area contributed by atoms with Crippen molar-refractivity contribution in [2.45, 2.75) is 12.5 Å². The SMILES string of the molecule is NCCSC(=O)CC(=O)C(O)c1ccccc1. The molecule has 0 aliphatic rings. The molecule has 0 radical (unpaired) electrons. The van der Waals surface area contributed by atoms with Gasteiger partial charge >= 0.3 is 0 Å². The first-order valence-corrected chi connectivity index (χ1v) is 6.25. The topological polar surface area (TPSA) is 80.4 Å². The maximum absolute atomic E-state index is 11.6. The number of carbonyl (C=O) groups is 2. The summed E-state index contributed by atoms with van der Waals surface area (Å²) in [5, 5.41) is 9.47. The Morgan fingerprint density at radius 1 is 1.29 bits per heavy atom. The third-order valence-electron chi connectivity index (χ3n) is 2.12. The lowest BCUT2D eigenvalue weighted by Gasteiger charge is -2.08. The van der Waals surface area contributed by atoms with Gasteiger partial charge in [-0.1, -0.05) is 42.1 Å². The van der Waals surface area contributed by atoms with Crippen LogP contribution in [-0.2, 0) is 9.59 Å². The Balaban J connectivity index is 2.50. The monoisotopic (exact) mass is 253 g/mol. The van der Waals surface area contributed by atoms with Gasteiger partial charge in [-0.3, -0.25) is 9.59 Å². The van der Waals surface area contributed by atoms with Gasteiger partial charge in [0.2, 0.25) is 0 Å². The summed E-state index contributed by atoms with van der Waals surface area (Å²) in [5.41, 5.74) is 5.76. The molecule has 17 heavy (non-hydrogen) atoms. The molecule has 92 valence electrons. The minimum absolute atomic E-state index is 0.254. The van der Waals surface area contributed by atoms with Crippen molar-refractivity contribution in [3.63, 3.8) is 0 Å². The first-order chi connectivity index (χ1) is 8.15. The minimum Gasteiger partial charge on any atom is -0.381 e. The van der Waals surface area contributed by atoms with Gasteiger partial charge in [0.15, 0.2) is 10.9 Å². The number of Topliss-reactive ketones (excluding diaryl/α,β-unsaturated/α-hetero) is 1. The molecule has 1 atom stereocenters. The number of ketones is 1. The summed E-state index contributed by atoms with van der Waals surface area (Å²) in [6.45, 7) is 0.395. The summed E-state index contributed by atoms with van der Waals surface area (Å²) in [5.74, 6) is 0.0128. The van der Waals surface area contributed by atoms with Crippen LogP contribution in [-0.4, -0.2) is 28.3 Å². The normalized spacial score (nSPS) is 12.1. The number of hydrogen-bond acceptors (Lipinski definition) is 5. The van der Waals surface area contributed by atoms with Crippen LogP contribution < -0.4 is 5.73 Å². The van der Waals surface area contributed by atoms with Gasteiger partial charge in [-0.2, -0.15) is 0 Å². The van der Waals surface area contributed by atoms with Crippen molar-refractivity contribution in [3.05, 3.63) is 35.9 Å². The van der Waals surface area contributed by atoms with Crippen LogP contribution in [0.4, 0.5) is 0 Å². The van der Waals surface area contributed by atoms with E-state index in [2.05, 4.69) is 0 Å². The van der Waals surface area contributed by atoms with Crippen LogP contribution in [0.25, 0.3) is 0 Å². The van der Waals surface area contributed by atoms with Crippen molar-refractivity contribution in [1.29, 1.82) is 0 Å². The molecule has 0 spiro atoms. The van der Waals surface area contributed by atoms with Gasteiger partial charge in [0.05, 0.1) is 6.42 Å². The van der Waals surface area contributed by atoms with E-state index >= 15 is 0 Å². The zero-order chi connectivity index (χ0) is 12.7. The highest BCUT2D eigenvalue weighted by Gasteiger charge is 2.19. The Hall–Kier alpha value is -1.17. The summed E-state index contributed by atoms with van der Waals surface area (Å²) >= 11 is 1.02. The zero-order valence-electron chi connectivity index (χ0n) is 9.33. The largest absolute Gasteiger partial charge is 0.381 e. The molecule has 0 aliphatic carbocycles. The highest BCUT2D eigenvalue weighted by atomic mass is 32.2. The van der Waals surface area contributed by atoms with Crippen LogP contribution in [0.3, 0.4) is 0 Å². The van der Waals surface area contributed by atoms with Crippen molar-refractivity contribution < 1.29 is 14.7 Å². The molecule has 3 N–H and O–H groups in total. The zero-order valence-corrected chi connectivity index (χ0v) is 10.2. The lowest BCUT2D eigenvalue weighted by molar-refractivity contribution is -0.130. The summed E-state index contributed by atoms with van der Waals surface area (Å²) in [7, 11) is 0. The van der Waals surface area contributed by atoms with E-state index in [4.69, 9.17) is 5.73 Å². The van der Waals surface area contributed by atoms with Crippen LogP contribution in [0.2, 0.25) is 0 Å². The van der Waals surface area contributed by atoms with E-state index in [0.29, 0.717) is 17.9 Å². The first kappa shape index (κ1) is 13.9. The van der Waals surface area contributed by atoms with Crippen LogP contribution >= 0.6 is 11.8 Å². The average Bonchev–Trinajstić information content (AvgIpc) is 2.36. The van der Waals surface area contributed by atoms with E-state index in [0.717, 1.165) is 11.8 Å². The fourth-order valence-electron chi connectivity index (χ4n) is 1.28. The summed E-state index contributed by atoms with van der Waals surface area (Å²) in [4.78, 5) is 22.9. The molecule has 0 fully saturated rings. The molecule has 0 aliphatic heterocycles. The maximum atomic E-state index is 11.6. The molecule has 5 heteroatoms. The highest BCUT2D eigenvalue weighted by Crippen LogP contribution is 2.16. The van der Waals surface area contributed by atoms with Crippen molar-refractivity contribution in [2.75, 3.05) is 12.3 Å². The van der Waals surface area contributed by atoms with Gasteiger partial charge in [-0.05, 0) is 5.56 Å². The Morgan fingerprint density at radius 2 is 1.94 bits per heavy atom. The van der Waals surface area contributed by atoms with Crippen molar-refractivity contribution in [3.8, 4) is 0 Å². The molecule has 0 amide bonds. The van der Waals surface area contributed by atoms with Crippen LogP contribution in [0, 0.1) is 0 Å². The van der Waals surface area contributed by atoms with Crippen molar-refractivity contribution in [1.82, 2.24) is 0 Å². The van der Waals surface area contributed by atoms with E-state index in [1.54, 1.807) is 30.3 Å². The molecule has 0 heterocycles. The quantitative estimate of drug-likeness (QED) is 0.736. The summed E-state index contributed by atoms with van der Waals surface area (Å²) in [6.07, 6.45) is -1.49. The third-order valence-corrected chi connectivity index (χ3v) is 3.03. The lowest BCUT2D eigenvalue weighted by atomic mass is 10.0. The standard InChI is InChI=1S/C12H15NO3S/c13-6-7-17-11(15)8-10(14)12(16)9-4-2-1-3-5-9/h1-5,12,16H,6-8,13H2. The van der Waals surface area contributed by atoms with Gasteiger partial charge < -0.3 is 10.8 Å². The molecule has 4 nitrogen and oxygen atoms in total.